The Balaban J connectivity index is 2.04. The number of ether oxygens (including phenoxy) is 1. The Morgan fingerprint density at radius 1 is 1.17 bits per heavy atom. The Bertz CT molecular complexity index is 814. The van der Waals surface area contributed by atoms with Crippen molar-refractivity contribution in [3.63, 3.8) is 0 Å². The number of rotatable bonds is 3. The predicted octanol–water partition coefficient (Wildman–Crippen LogP) is 2.96. The van der Waals surface area contributed by atoms with E-state index in [2.05, 4.69) is 9.73 Å². The van der Waals surface area contributed by atoms with Crippen LogP contribution in [0, 0.1) is 5.82 Å². The summed E-state index contributed by atoms with van der Waals surface area (Å²) in [7, 11) is -0.907. The molecule has 1 aromatic carbocycles. The van der Waals surface area contributed by atoms with Crippen LogP contribution in [0.1, 0.15) is 39.7 Å². The zero-order valence-corrected chi connectivity index (χ0v) is 16.4. The van der Waals surface area contributed by atoms with Gasteiger partial charge in [-0.15, -0.1) is 0 Å². The van der Waals surface area contributed by atoms with Crippen LogP contribution in [0.2, 0.25) is 0 Å². The molecular weight excluding hydrogens is 398 g/mol. The van der Waals surface area contributed by atoms with Gasteiger partial charge < -0.3 is 19.8 Å². The molecule has 1 saturated heterocycles. The van der Waals surface area contributed by atoms with E-state index in [0.29, 0.717) is 5.46 Å². The number of aliphatic imine (C=N–C) groups is 1. The van der Waals surface area contributed by atoms with Gasteiger partial charge in [-0.1, -0.05) is 12.1 Å². The molecule has 29 heavy (non-hydrogen) atoms. The van der Waals surface area contributed by atoms with Crippen molar-refractivity contribution in [2.24, 2.45) is 10.7 Å². The Hall–Kier alpha value is -1.88. The first-order chi connectivity index (χ1) is 13.2. The highest BCUT2D eigenvalue weighted by molar-refractivity contribution is 6.62. The van der Waals surface area contributed by atoms with Crippen LogP contribution in [0.25, 0.3) is 0 Å². The first kappa shape index (κ1) is 21.8. The minimum Gasteiger partial charge on any atom is -0.452 e. The summed E-state index contributed by atoms with van der Waals surface area (Å²) in [5.41, 5.74) is 1.79. The van der Waals surface area contributed by atoms with Crippen LogP contribution in [-0.2, 0) is 19.6 Å². The third-order valence-corrected chi connectivity index (χ3v) is 5.71. The molecule has 11 heteroatoms. The first-order valence-electron chi connectivity index (χ1n) is 9.01. The predicted molar refractivity (Wildman–Crippen MR) is 96.9 cm³/mol. The lowest BCUT2D eigenvalue weighted by Gasteiger charge is -2.36. The molecule has 3 rings (SSSR count). The minimum absolute atomic E-state index is 0.330. The fraction of sp³-hybridized carbons (Fsp3) is 0.611. The second-order valence-electron chi connectivity index (χ2n) is 8.30. The molecule has 2 atom stereocenters. The molecule has 2 N–H and O–H groups in total. The molecule has 0 spiro atoms. The van der Waals surface area contributed by atoms with E-state index < -0.39 is 61.1 Å². The van der Waals surface area contributed by atoms with Crippen molar-refractivity contribution in [3.05, 3.63) is 29.6 Å². The van der Waals surface area contributed by atoms with Gasteiger partial charge >= 0.3 is 13.3 Å². The van der Waals surface area contributed by atoms with Gasteiger partial charge in [0.15, 0.2) is 6.10 Å². The van der Waals surface area contributed by atoms with Crippen molar-refractivity contribution in [2.75, 3.05) is 6.67 Å². The van der Waals surface area contributed by atoms with Crippen molar-refractivity contribution in [1.29, 1.82) is 0 Å². The minimum atomic E-state index is -4.82. The van der Waals surface area contributed by atoms with E-state index in [1.54, 1.807) is 0 Å². The zero-order chi connectivity index (χ0) is 21.8. The molecule has 160 valence electrons. The van der Waals surface area contributed by atoms with Gasteiger partial charge in [-0.05, 0) is 39.2 Å². The summed E-state index contributed by atoms with van der Waals surface area (Å²) in [4.78, 5) is 3.73. The largest absolute Gasteiger partial charge is 0.494 e. The molecule has 0 amide bonds. The SMILES string of the molecule is CC1(C)OB(c2ccc(F)c([C@]3(CF)C[C@@H](C(F)(F)F)OC(N)=N3)c2)OC1(C)C. The molecule has 1 fully saturated rings. The van der Waals surface area contributed by atoms with Crippen LogP contribution in [0.4, 0.5) is 22.0 Å². The standard InChI is InChI=1S/C18H22BF5N2O3/c1-15(2)16(3,4)29-19(28-15)10-5-6-12(21)11(7-10)17(9-20)8-13(18(22,23)24)27-14(25)26-17/h5-7,13H,8-9H2,1-4H3,(H2,25,26)/t13-,17+/m0/s1. The van der Waals surface area contributed by atoms with Gasteiger partial charge in [-0.25, -0.2) is 13.8 Å². The average Bonchev–Trinajstić information content (AvgIpc) is 2.81. The van der Waals surface area contributed by atoms with Crippen molar-refractivity contribution in [3.8, 4) is 0 Å². The van der Waals surface area contributed by atoms with Crippen LogP contribution in [-0.4, -0.2) is 43.3 Å². The third kappa shape index (κ3) is 3.82. The summed E-state index contributed by atoms with van der Waals surface area (Å²) in [6, 6.07) is 2.76. The maximum absolute atomic E-state index is 14.6. The third-order valence-electron chi connectivity index (χ3n) is 5.71. The maximum atomic E-state index is 14.6. The highest BCUT2D eigenvalue weighted by Crippen LogP contribution is 2.42. The normalized spacial score (nSPS) is 28.8. The van der Waals surface area contributed by atoms with Crippen molar-refractivity contribution < 1.29 is 36.0 Å². The molecule has 0 bridgehead atoms. The van der Waals surface area contributed by atoms with Crippen molar-refractivity contribution >= 4 is 18.6 Å². The van der Waals surface area contributed by atoms with Crippen LogP contribution in [0.3, 0.4) is 0 Å². The second-order valence-corrected chi connectivity index (χ2v) is 8.30. The van der Waals surface area contributed by atoms with Gasteiger partial charge in [0.1, 0.15) is 18.0 Å². The molecule has 0 aromatic heterocycles. The Morgan fingerprint density at radius 2 is 1.76 bits per heavy atom. The number of amidine groups is 1. The summed E-state index contributed by atoms with van der Waals surface area (Å²) in [5, 5.41) is 0. The lowest BCUT2D eigenvalue weighted by atomic mass is 9.75. The fourth-order valence-corrected chi connectivity index (χ4v) is 3.31. The number of nitrogens with two attached hydrogens (primary N) is 1. The summed E-state index contributed by atoms with van der Waals surface area (Å²) in [6.07, 6.45) is -8.17. The molecule has 2 aliphatic rings. The maximum Gasteiger partial charge on any atom is 0.494 e. The number of alkyl halides is 4. The van der Waals surface area contributed by atoms with Crippen molar-refractivity contribution in [2.45, 2.75) is 63.1 Å². The Morgan fingerprint density at radius 3 is 2.28 bits per heavy atom. The second kappa shape index (κ2) is 6.83. The highest BCUT2D eigenvalue weighted by atomic mass is 19.4. The number of hydrogen-bond acceptors (Lipinski definition) is 5. The van der Waals surface area contributed by atoms with E-state index in [4.69, 9.17) is 15.0 Å². The van der Waals surface area contributed by atoms with Gasteiger partial charge in [0, 0.05) is 12.0 Å². The van der Waals surface area contributed by atoms with Gasteiger partial charge in [0.2, 0.25) is 0 Å². The first-order valence-corrected chi connectivity index (χ1v) is 9.01. The van der Waals surface area contributed by atoms with Gasteiger partial charge in [0.25, 0.3) is 6.02 Å². The number of hydrogen-bond donors (Lipinski definition) is 1. The van der Waals surface area contributed by atoms with Crippen LogP contribution >= 0.6 is 0 Å². The van der Waals surface area contributed by atoms with E-state index in [0.717, 1.165) is 6.07 Å². The molecule has 0 radical (unpaired) electrons. The quantitative estimate of drug-likeness (QED) is 0.604. The average molecular weight is 420 g/mol. The lowest BCUT2D eigenvalue weighted by molar-refractivity contribution is -0.209. The van der Waals surface area contributed by atoms with Crippen LogP contribution in [0.5, 0.6) is 0 Å². The monoisotopic (exact) mass is 420 g/mol. The lowest BCUT2D eigenvalue weighted by Crippen LogP contribution is -2.48. The smallest absolute Gasteiger partial charge is 0.452 e. The molecule has 2 aliphatic heterocycles. The van der Waals surface area contributed by atoms with Crippen LogP contribution < -0.4 is 11.2 Å². The van der Waals surface area contributed by atoms with E-state index >= 15 is 0 Å². The fourth-order valence-electron chi connectivity index (χ4n) is 3.31. The van der Waals surface area contributed by atoms with Gasteiger partial charge in [-0.3, -0.25) is 0 Å². The molecular formula is C18H22BF5N2O3. The summed E-state index contributed by atoms with van der Waals surface area (Å²) in [6.45, 7) is 5.87. The number of nitrogens with zero attached hydrogens (tertiary/aromatic N) is 1. The summed E-state index contributed by atoms with van der Waals surface area (Å²) < 4.78 is 84.7. The number of benzene rings is 1. The van der Waals surface area contributed by atoms with E-state index in [9.17, 15) is 22.0 Å². The van der Waals surface area contributed by atoms with Crippen molar-refractivity contribution in [1.82, 2.24) is 0 Å². The molecule has 5 nitrogen and oxygen atoms in total. The zero-order valence-electron chi connectivity index (χ0n) is 16.4. The highest BCUT2D eigenvalue weighted by Gasteiger charge is 2.54. The topological polar surface area (TPSA) is 66.1 Å². The van der Waals surface area contributed by atoms with E-state index in [1.165, 1.54) is 12.1 Å². The summed E-state index contributed by atoms with van der Waals surface area (Å²) in [5.74, 6) is -0.915. The van der Waals surface area contributed by atoms with Gasteiger partial charge in [0.05, 0.1) is 11.2 Å². The van der Waals surface area contributed by atoms with E-state index in [-0.39, 0.29) is 5.56 Å². The van der Waals surface area contributed by atoms with Crippen LogP contribution in [0.15, 0.2) is 23.2 Å². The molecule has 2 heterocycles. The molecule has 0 saturated carbocycles. The van der Waals surface area contributed by atoms with E-state index in [1.807, 2.05) is 27.7 Å². The molecule has 0 unspecified atom stereocenters. The Kier molecular flexibility index (Phi) is 5.14. The molecule has 0 aliphatic carbocycles. The summed E-state index contributed by atoms with van der Waals surface area (Å²) >= 11 is 0. The van der Waals surface area contributed by atoms with Gasteiger partial charge in [-0.2, -0.15) is 13.2 Å². The Labute approximate surface area is 165 Å². The molecule has 1 aromatic rings. The number of halogens is 5.